The lowest BCUT2D eigenvalue weighted by molar-refractivity contribution is 0.0825. The van der Waals surface area contributed by atoms with Gasteiger partial charge >= 0.3 is 0 Å². The summed E-state index contributed by atoms with van der Waals surface area (Å²) in [5, 5.41) is 17.6. The Hall–Kier alpha value is -1.24. The summed E-state index contributed by atoms with van der Waals surface area (Å²) >= 11 is 1.86. The molecule has 0 spiro atoms. The monoisotopic (exact) mass is 336 g/mol. The molecule has 2 aliphatic rings. The second-order valence-corrected chi connectivity index (χ2v) is 7.22. The molecule has 1 aromatic rings. The van der Waals surface area contributed by atoms with Crippen molar-refractivity contribution in [2.24, 2.45) is 5.92 Å². The molecule has 23 heavy (non-hydrogen) atoms. The summed E-state index contributed by atoms with van der Waals surface area (Å²) in [4.78, 5) is 2.45. The Morgan fingerprint density at radius 2 is 2.09 bits per heavy atom. The van der Waals surface area contributed by atoms with E-state index in [9.17, 15) is 5.11 Å². The number of nitrogens with one attached hydrogen (secondary N) is 1. The number of benzene rings is 1. The Balaban J connectivity index is 2.03. The van der Waals surface area contributed by atoms with Crippen LogP contribution in [0, 0.1) is 11.3 Å². The maximum Gasteiger partial charge on any atom is 0.161 e. The fourth-order valence-electron chi connectivity index (χ4n) is 3.72. The highest BCUT2D eigenvalue weighted by molar-refractivity contribution is 7.99. The van der Waals surface area contributed by atoms with Gasteiger partial charge in [-0.25, -0.2) is 0 Å². The van der Waals surface area contributed by atoms with Crippen molar-refractivity contribution in [3.8, 4) is 11.5 Å². The van der Waals surface area contributed by atoms with Gasteiger partial charge in [0.1, 0.15) is 0 Å². The minimum atomic E-state index is 0.180. The molecule has 2 aliphatic heterocycles. The first kappa shape index (κ1) is 16.6. The lowest BCUT2D eigenvalue weighted by Crippen LogP contribution is -2.49. The molecule has 3 unspecified atom stereocenters. The fourth-order valence-corrected chi connectivity index (χ4v) is 5.14. The second-order valence-electron chi connectivity index (χ2n) is 6.01. The van der Waals surface area contributed by atoms with Crippen LogP contribution in [0.3, 0.4) is 0 Å². The van der Waals surface area contributed by atoms with Crippen molar-refractivity contribution >= 4 is 18.0 Å². The van der Waals surface area contributed by atoms with Crippen LogP contribution in [-0.4, -0.2) is 54.7 Å². The summed E-state index contributed by atoms with van der Waals surface area (Å²) in [5.41, 5.74) is 2.52. The molecular formula is C17H24N2O3S. The maximum atomic E-state index is 9.86. The summed E-state index contributed by atoms with van der Waals surface area (Å²) in [6, 6.07) is 4.34. The summed E-state index contributed by atoms with van der Waals surface area (Å²) in [6.45, 7) is 1.13. The number of aliphatic hydroxyl groups is 1. The van der Waals surface area contributed by atoms with Crippen LogP contribution in [-0.2, 0) is 6.42 Å². The lowest BCUT2D eigenvalue weighted by Gasteiger charge is -2.48. The highest BCUT2D eigenvalue weighted by atomic mass is 32.2. The van der Waals surface area contributed by atoms with Crippen molar-refractivity contribution < 1.29 is 14.6 Å². The zero-order chi connectivity index (χ0) is 16.4. The number of aliphatic hydroxyl groups excluding tert-OH is 1. The van der Waals surface area contributed by atoms with Gasteiger partial charge in [0.05, 0.1) is 19.6 Å². The summed E-state index contributed by atoms with van der Waals surface area (Å²) in [5.74, 6) is 2.64. The first-order chi connectivity index (χ1) is 11.2. The number of thioether (sulfide) groups is 1. The van der Waals surface area contributed by atoms with Crippen molar-refractivity contribution in [2.45, 2.75) is 24.3 Å². The number of fused-ring (bicyclic) bond motifs is 3. The van der Waals surface area contributed by atoms with Crippen LogP contribution in [0.2, 0.25) is 0 Å². The van der Waals surface area contributed by atoms with E-state index in [-0.39, 0.29) is 18.6 Å². The summed E-state index contributed by atoms with van der Waals surface area (Å²) in [6.07, 6.45) is 3.21. The molecule has 0 amide bonds. The van der Waals surface area contributed by atoms with Gasteiger partial charge in [0.25, 0.3) is 0 Å². The van der Waals surface area contributed by atoms with E-state index in [4.69, 9.17) is 14.9 Å². The molecule has 0 aliphatic carbocycles. The highest BCUT2D eigenvalue weighted by Crippen LogP contribution is 2.47. The van der Waals surface area contributed by atoms with Crippen LogP contribution < -0.4 is 9.47 Å². The predicted octanol–water partition coefficient (Wildman–Crippen LogP) is 2.32. The molecule has 1 aromatic carbocycles. The Morgan fingerprint density at radius 3 is 2.74 bits per heavy atom. The largest absolute Gasteiger partial charge is 0.493 e. The Bertz CT molecular complexity index is 581. The molecule has 126 valence electrons. The van der Waals surface area contributed by atoms with Crippen LogP contribution in [0.25, 0.3) is 0 Å². The van der Waals surface area contributed by atoms with E-state index in [0.29, 0.717) is 5.37 Å². The maximum absolute atomic E-state index is 9.86. The lowest BCUT2D eigenvalue weighted by atomic mass is 9.84. The number of nitrogens with zero attached hydrogens (tertiary/aromatic N) is 1. The first-order valence-corrected chi connectivity index (χ1v) is 9.00. The van der Waals surface area contributed by atoms with Crippen LogP contribution in [0.4, 0.5) is 0 Å². The molecule has 2 heterocycles. The fraction of sp³-hybridized carbons (Fsp3) is 0.588. The van der Waals surface area contributed by atoms with Gasteiger partial charge in [-0.15, -0.1) is 11.8 Å². The van der Waals surface area contributed by atoms with E-state index in [1.807, 2.05) is 11.8 Å². The number of rotatable bonds is 5. The number of hydrogen-bond donors (Lipinski definition) is 2. The Labute approximate surface area is 141 Å². The molecule has 1 fully saturated rings. The third-order valence-corrected chi connectivity index (χ3v) is 6.30. The number of methoxy groups -OCH3 is 2. The topological polar surface area (TPSA) is 65.8 Å². The molecular weight excluding hydrogens is 312 g/mol. The quantitative estimate of drug-likeness (QED) is 0.808. The molecule has 2 N–H and O–H groups in total. The van der Waals surface area contributed by atoms with E-state index >= 15 is 0 Å². The molecule has 0 saturated carbocycles. The zero-order valence-electron chi connectivity index (χ0n) is 13.6. The molecule has 0 radical (unpaired) electrons. The molecule has 3 rings (SSSR count). The third-order valence-electron chi connectivity index (χ3n) is 4.83. The van der Waals surface area contributed by atoms with Crippen molar-refractivity contribution in [1.29, 1.82) is 5.41 Å². The number of ether oxygens (including phenoxy) is 2. The summed E-state index contributed by atoms with van der Waals surface area (Å²) < 4.78 is 10.9. The zero-order valence-corrected chi connectivity index (χ0v) is 14.4. The van der Waals surface area contributed by atoms with Gasteiger partial charge < -0.3 is 20.0 Å². The molecule has 1 saturated heterocycles. The average Bonchev–Trinajstić information content (AvgIpc) is 2.60. The van der Waals surface area contributed by atoms with Crippen LogP contribution in [0.5, 0.6) is 11.5 Å². The third kappa shape index (κ3) is 2.95. The van der Waals surface area contributed by atoms with Gasteiger partial charge in [-0.05, 0) is 35.9 Å². The second kappa shape index (κ2) is 7.11. The van der Waals surface area contributed by atoms with Gasteiger partial charge in [-0.1, -0.05) is 0 Å². The van der Waals surface area contributed by atoms with Gasteiger partial charge in [0, 0.05) is 37.3 Å². The predicted molar refractivity (Wildman–Crippen MR) is 92.9 cm³/mol. The molecule has 6 heteroatoms. The Morgan fingerprint density at radius 1 is 1.35 bits per heavy atom. The van der Waals surface area contributed by atoms with E-state index in [1.54, 1.807) is 14.2 Å². The molecule has 0 aromatic heterocycles. The van der Waals surface area contributed by atoms with Crippen LogP contribution in [0.15, 0.2) is 12.1 Å². The van der Waals surface area contributed by atoms with Gasteiger partial charge in [0.2, 0.25) is 0 Å². The summed E-state index contributed by atoms with van der Waals surface area (Å²) in [7, 11) is 3.32. The number of hydrogen-bond acceptors (Lipinski definition) is 6. The van der Waals surface area contributed by atoms with Crippen molar-refractivity contribution in [3.63, 3.8) is 0 Å². The van der Waals surface area contributed by atoms with Gasteiger partial charge in [-0.2, -0.15) is 0 Å². The van der Waals surface area contributed by atoms with Crippen LogP contribution in [0.1, 0.15) is 23.6 Å². The van der Waals surface area contributed by atoms with E-state index in [0.717, 1.165) is 36.6 Å². The van der Waals surface area contributed by atoms with E-state index in [2.05, 4.69) is 17.0 Å². The highest BCUT2D eigenvalue weighted by Gasteiger charge is 2.41. The minimum Gasteiger partial charge on any atom is -0.493 e. The molecule has 5 nitrogen and oxygen atoms in total. The van der Waals surface area contributed by atoms with E-state index < -0.39 is 0 Å². The standard InChI is InChI=1S/C17H24N2O3S/c1-21-14-7-11-4-6-19-16(3-5-18)23-10-12(9-20)17(19)13(11)8-15(14)22-2/h5,7-8,12,16-18,20H,3-4,6,9-10H2,1-2H3. The van der Waals surface area contributed by atoms with Crippen LogP contribution >= 0.6 is 11.8 Å². The van der Waals surface area contributed by atoms with Crippen molar-refractivity contribution in [1.82, 2.24) is 4.90 Å². The molecule has 0 bridgehead atoms. The van der Waals surface area contributed by atoms with Crippen molar-refractivity contribution in [3.05, 3.63) is 23.3 Å². The Kier molecular flexibility index (Phi) is 5.14. The first-order valence-electron chi connectivity index (χ1n) is 7.95. The smallest absolute Gasteiger partial charge is 0.161 e. The normalized spacial score (nSPS) is 27.0. The average molecular weight is 336 g/mol. The van der Waals surface area contributed by atoms with Gasteiger partial charge in [-0.3, -0.25) is 4.90 Å². The minimum absolute atomic E-state index is 0.180. The SMILES string of the molecule is COc1cc2c(cc1OC)C1C(CO)CSC(CC=N)N1CC2. The van der Waals surface area contributed by atoms with Crippen molar-refractivity contribution in [2.75, 3.05) is 33.1 Å². The van der Waals surface area contributed by atoms with Gasteiger partial charge in [0.15, 0.2) is 11.5 Å². The molecule has 3 atom stereocenters. The van der Waals surface area contributed by atoms with E-state index in [1.165, 1.54) is 17.3 Å².